The number of Topliss-reactive ketones (excluding diaryl/α,β-unsaturated/α-hetero) is 1. The van der Waals surface area contributed by atoms with E-state index >= 15 is 0 Å². The molecule has 0 bridgehead atoms. The summed E-state index contributed by atoms with van der Waals surface area (Å²) in [7, 11) is 0. The van der Waals surface area contributed by atoms with Crippen molar-refractivity contribution < 1.29 is 23.5 Å². The Kier molecular flexibility index (Phi) is 4.95. The van der Waals surface area contributed by atoms with Gasteiger partial charge in [-0.25, -0.2) is 0 Å². The van der Waals surface area contributed by atoms with E-state index in [1.807, 2.05) is 6.07 Å². The van der Waals surface area contributed by atoms with E-state index < -0.39 is 23.5 Å². The third-order valence-corrected chi connectivity index (χ3v) is 6.00. The number of halogens is 2. The number of amides is 1. The summed E-state index contributed by atoms with van der Waals surface area (Å²) in [6.45, 7) is 1.76. The SMILES string of the molecule is Cc1ccc(C2C(C(=O)c3cc4cc(Br)ccc4o3)=C(O)C(=O)N2c2cccc(Cl)c2)o1. The van der Waals surface area contributed by atoms with E-state index in [0.717, 1.165) is 4.47 Å². The third kappa shape index (κ3) is 3.34. The van der Waals surface area contributed by atoms with Gasteiger partial charge in [-0.3, -0.25) is 14.5 Å². The number of aliphatic hydroxyl groups excluding tert-OH is 1. The molecule has 1 unspecified atom stereocenters. The van der Waals surface area contributed by atoms with E-state index in [-0.39, 0.29) is 11.3 Å². The molecule has 0 saturated heterocycles. The van der Waals surface area contributed by atoms with Crippen LogP contribution in [-0.4, -0.2) is 16.8 Å². The molecular weight excluding hydrogens is 498 g/mol. The van der Waals surface area contributed by atoms with Crippen LogP contribution in [0.1, 0.15) is 28.1 Å². The molecule has 5 rings (SSSR count). The number of carbonyl (C=O) groups is 2. The third-order valence-electron chi connectivity index (χ3n) is 5.27. The lowest BCUT2D eigenvalue weighted by atomic mass is 9.99. The predicted octanol–water partition coefficient (Wildman–Crippen LogP) is 6.53. The van der Waals surface area contributed by atoms with Crippen molar-refractivity contribution in [3.8, 4) is 0 Å². The van der Waals surface area contributed by atoms with Crippen LogP contribution in [0.5, 0.6) is 0 Å². The number of ketones is 1. The van der Waals surface area contributed by atoms with E-state index in [4.69, 9.17) is 20.4 Å². The summed E-state index contributed by atoms with van der Waals surface area (Å²) in [5, 5.41) is 11.9. The first-order valence-electron chi connectivity index (χ1n) is 9.66. The van der Waals surface area contributed by atoms with Gasteiger partial charge in [0.15, 0.2) is 11.5 Å². The number of aryl methyl sites for hydroxylation is 1. The predicted molar refractivity (Wildman–Crippen MR) is 123 cm³/mol. The number of hydrogen-bond donors (Lipinski definition) is 1. The van der Waals surface area contributed by atoms with Crippen LogP contribution in [-0.2, 0) is 4.79 Å². The number of furan rings is 2. The van der Waals surface area contributed by atoms with Crippen LogP contribution >= 0.6 is 27.5 Å². The van der Waals surface area contributed by atoms with Crippen LogP contribution < -0.4 is 4.90 Å². The molecule has 4 aromatic rings. The topological polar surface area (TPSA) is 83.9 Å². The summed E-state index contributed by atoms with van der Waals surface area (Å²) in [5.41, 5.74) is 0.810. The van der Waals surface area contributed by atoms with Crippen molar-refractivity contribution in [3.63, 3.8) is 0 Å². The fourth-order valence-electron chi connectivity index (χ4n) is 3.86. The molecule has 32 heavy (non-hydrogen) atoms. The quantitative estimate of drug-likeness (QED) is 0.314. The standard InChI is InChI=1S/C24H15BrClNO5/c1-12-5-7-18(31-12)21-20(22(28)19-10-13-9-14(25)6-8-17(13)32-19)23(29)24(30)27(21)16-4-2-3-15(26)11-16/h2-11,21,29H,1H3. The van der Waals surface area contributed by atoms with Crippen LogP contribution in [0.25, 0.3) is 11.0 Å². The smallest absolute Gasteiger partial charge is 0.294 e. The average Bonchev–Trinajstić information content (AvgIpc) is 3.44. The number of nitrogens with zero attached hydrogens (tertiary/aromatic N) is 1. The Morgan fingerprint density at radius 2 is 1.91 bits per heavy atom. The minimum Gasteiger partial charge on any atom is -0.503 e. The van der Waals surface area contributed by atoms with Gasteiger partial charge in [0.2, 0.25) is 5.78 Å². The monoisotopic (exact) mass is 511 g/mol. The fourth-order valence-corrected chi connectivity index (χ4v) is 4.42. The molecule has 2 aromatic heterocycles. The molecule has 0 saturated carbocycles. The molecule has 3 heterocycles. The molecule has 1 atom stereocenters. The Hall–Kier alpha value is -3.29. The summed E-state index contributed by atoms with van der Waals surface area (Å²) in [4.78, 5) is 27.9. The highest BCUT2D eigenvalue weighted by Gasteiger charge is 2.47. The molecule has 1 N–H and O–H groups in total. The highest BCUT2D eigenvalue weighted by Crippen LogP contribution is 2.43. The summed E-state index contributed by atoms with van der Waals surface area (Å²) in [6.07, 6.45) is 0. The van der Waals surface area contributed by atoms with Gasteiger partial charge in [0, 0.05) is 20.6 Å². The van der Waals surface area contributed by atoms with Gasteiger partial charge < -0.3 is 13.9 Å². The molecule has 2 aromatic carbocycles. The number of fused-ring (bicyclic) bond motifs is 1. The lowest BCUT2D eigenvalue weighted by Gasteiger charge is -2.25. The van der Waals surface area contributed by atoms with Crippen LogP contribution in [0.2, 0.25) is 5.02 Å². The number of anilines is 1. The summed E-state index contributed by atoms with van der Waals surface area (Å²) in [6, 6.07) is 16.0. The van der Waals surface area contributed by atoms with Gasteiger partial charge in [-0.15, -0.1) is 0 Å². The Morgan fingerprint density at radius 3 is 2.62 bits per heavy atom. The van der Waals surface area contributed by atoms with E-state index in [0.29, 0.717) is 33.2 Å². The number of hydrogen-bond acceptors (Lipinski definition) is 5. The van der Waals surface area contributed by atoms with E-state index in [9.17, 15) is 14.7 Å². The highest BCUT2D eigenvalue weighted by molar-refractivity contribution is 9.10. The Labute approximate surface area is 195 Å². The molecule has 1 amide bonds. The first-order valence-corrected chi connectivity index (χ1v) is 10.8. The molecule has 1 aliphatic heterocycles. The zero-order valence-corrected chi connectivity index (χ0v) is 19.0. The zero-order valence-electron chi connectivity index (χ0n) is 16.6. The molecule has 8 heteroatoms. The van der Waals surface area contributed by atoms with E-state index in [1.165, 1.54) is 4.90 Å². The van der Waals surface area contributed by atoms with Crippen molar-refractivity contribution in [2.75, 3.05) is 4.90 Å². The zero-order chi connectivity index (χ0) is 22.6. The largest absolute Gasteiger partial charge is 0.503 e. The van der Waals surface area contributed by atoms with E-state index in [2.05, 4.69) is 15.9 Å². The lowest BCUT2D eigenvalue weighted by molar-refractivity contribution is -0.117. The van der Waals surface area contributed by atoms with Crippen molar-refractivity contribution >= 4 is 55.9 Å². The normalized spacial score (nSPS) is 16.4. The van der Waals surface area contributed by atoms with Gasteiger partial charge in [-0.2, -0.15) is 0 Å². The Bertz CT molecular complexity index is 1430. The highest BCUT2D eigenvalue weighted by atomic mass is 79.9. The van der Waals surface area contributed by atoms with Crippen LogP contribution in [0, 0.1) is 6.92 Å². The van der Waals surface area contributed by atoms with Gasteiger partial charge in [0.05, 0.1) is 5.57 Å². The summed E-state index contributed by atoms with van der Waals surface area (Å²) < 4.78 is 12.3. The maximum Gasteiger partial charge on any atom is 0.294 e. The first kappa shape index (κ1) is 20.6. The molecule has 6 nitrogen and oxygen atoms in total. The molecule has 160 valence electrons. The fraction of sp³-hybridized carbons (Fsp3) is 0.0833. The Morgan fingerprint density at radius 1 is 1.09 bits per heavy atom. The van der Waals surface area contributed by atoms with Gasteiger partial charge in [-0.1, -0.05) is 33.6 Å². The second-order valence-electron chi connectivity index (χ2n) is 7.39. The molecule has 0 spiro atoms. The maximum absolute atomic E-state index is 13.5. The number of carbonyl (C=O) groups excluding carboxylic acids is 2. The second kappa shape index (κ2) is 7.69. The summed E-state index contributed by atoms with van der Waals surface area (Å²) >= 11 is 9.53. The van der Waals surface area contributed by atoms with Crippen molar-refractivity contribution in [1.82, 2.24) is 0 Å². The van der Waals surface area contributed by atoms with Crippen molar-refractivity contribution in [1.29, 1.82) is 0 Å². The second-order valence-corrected chi connectivity index (χ2v) is 8.74. The van der Waals surface area contributed by atoms with Gasteiger partial charge in [0.25, 0.3) is 5.91 Å². The van der Waals surface area contributed by atoms with Crippen molar-refractivity contribution in [2.45, 2.75) is 13.0 Å². The van der Waals surface area contributed by atoms with Gasteiger partial charge in [-0.05, 0) is 61.5 Å². The van der Waals surface area contributed by atoms with Crippen molar-refractivity contribution in [3.05, 3.63) is 98.8 Å². The minimum atomic E-state index is -0.984. The number of aliphatic hydroxyl groups is 1. The Balaban J connectivity index is 1.66. The number of benzene rings is 2. The van der Waals surface area contributed by atoms with Crippen LogP contribution in [0.15, 0.2) is 85.3 Å². The maximum atomic E-state index is 13.5. The van der Waals surface area contributed by atoms with E-state index in [1.54, 1.807) is 61.5 Å². The lowest BCUT2D eigenvalue weighted by Crippen LogP contribution is -2.30. The number of rotatable bonds is 4. The molecule has 0 radical (unpaired) electrons. The molecule has 0 fully saturated rings. The summed E-state index contributed by atoms with van der Waals surface area (Å²) in [5.74, 6) is -1.04. The average molecular weight is 513 g/mol. The van der Waals surface area contributed by atoms with Crippen LogP contribution in [0.4, 0.5) is 5.69 Å². The van der Waals surface area contributed by atoms with Crippen LogP contribution in [0.3, 0.4) is 0 Å². The van der Waals surface area contributed by atoms with Gasteiger partial charge in [0.1, 0.15) is 23.1 Å². The van der Waals surface area contributed by atoms with Crippen molar-refractivity contribution in [2.24, 2.45) is 0 Å². The molecule has 0 aliphatic carbocycles. The molecular formula is C24H15BrClNO5. The minimum absolute atomic E-state index is 0.00803. The molecule has 1 aliphatic rings. The first-order chi connectivity index (χ1) is 15.3. The van der Waals surface area contributed by atoms with Gasteiger partial charge >= 0.3 is 0 Å².